The topological polar surface area (TPSA) is 80.9 Å². The molecule has 1 rings (SSSR count). The van der Waals surface area contributed by atoms with E-state index in [2.05, 4.69) is 15.3 Å². The minimum Gasteiger partial charge on any atom is -0.369 e. The van der Waals surface area contributed by atoms with Gasteiger partial charge in [0.15, 0.2) is 0 Å². The monoisotopic (exact) mass is 262 g/mol. The highest BCUT2D eigenvalue weighted by molar-refractivity contribution is 5.80. The van der Waals surface area contributed by atoms with Gasteiger partial charge in [0.05, 0.1) is 5.41 Å². The predicted molar refractivity (Wildman–Crippen MR) is 58.5 cm³/mol. The number of nitrogens with two attached hydrogens (primary N) is 1. The number of nitrogens with zero attached hydrogens (tertiary/aromatic N) is 2. The third-order valence-electron chi connectivity index (χ3n) is 2.30. The molecule has 0 fully saturated rings. The van der Waals surface area contributed by atoms with Crippen LogP contribution < -0.4 is 11.1 Å². The average Bonchev–Trinajstić information content (AvgIpc) is 2.25. The van der Waals surface area contributed by atoms with E-state index >= 15 is 0 Å². The summed E-state index contributed by atoms with van der Waals surface area (Å²) in [7, 11) is 0. The number of primary amides is 1. The van der Waals surface area contributed by atoms with Gasteiger partial charge in [-0.05, 0) is 19.9 Å². The molecule has 1 amide bonds. The van der Waals surface area contributed by atoms with Gasteiger partial charge >= 0.3 is 6.18 Å². The minimum absolute atomic E-state index is 0.0453. The number of nitrogens with one attached hydrogen (secondary N) is 1. The molecule has 0 atom stereocenters. The summed E-state index contributed by atoms with van der Waals surface area (Å²) in [6.45, 7) is 3.18. The zero-order valence-electron chi connectivity index (χ0n) is 9.88. The van der Waals surface area contributed by atoms with Crippen LogP contribution in [0, 0.1) is 5.41 Å². The van der Waals surface area contributed by atoms with Gasteiger partial charge < -0.3 is 11.1 Å². The van der Waals surface area contributed by atoms with E-state index in [-0.39, 0.29) is 12.5 Å². The van der Waals surface area contributed by atoms with Crippen molar-refractivity contribution in [2.75, 3.05) is 11.9 Å². The molecule has 5 nitrogen and oxygen atoms in total. The molecule has 0 saturated heterocycles. The third kappa shape index (κ3) is 3.57. The summed E-state index contributed by atoms with van der Waals surface area (Å²) < 4.78 is 37.1. The van der Waals surface area contributed by atoms with E-state index in [4.69, 9.17) is 5.73 Å². The van der Waals surface area contributed by atoms with Crippen LogP contribution in [0.15, 0.2) is 12.3 Å². The Morgan fingerprint density at radius 1 is 1.44 bits per heavy atom. The number of amides is 1. The lowest BCUT2D eigenvalue weighted by molar-refractivity contribution is -0.141. The molecule has 0 aromatic carbocycles. The Balaban J connectivity index is 2.78. The van der Waals surface area contributed by atoms with Crippen LogP contribution in [-0.2, 0) is 11.0 Å². The van der Waals surface area contributed by atoms with Gasteiger partial charge in [-0.25, -0.2) is 9.97 Å². The van der Waals surface area contributed by atoms with Crippen LogP contribution in [0.4, 0.5) is 19.1 Å². The number of anilines is 1. The highest BCUT2D eigenvalue weighted by Crippen LogP contribution is 2.27. The first-order valence-electron chi connectivity index (χ1n) is 5.07. The van der Waals surface area contributed by atoms with E-state index in [0.717, 1.165) is 12.3 Å². The van der Waals surface area contributed by atoms with Crippen molar-refractivity contribution in [1.29, 1.82) is 0 Å². The molecule has 1 aromatic rings. The summed E-state index contributed by atoms with van der Waals surface area (Å²) in [4.78, 5) is 18.0. The zero-order chi connectivity index (χ0) is 14.0. The summed E-state index contributed by atoms with van der Waals surface area (Å²) in [6.07, 6.45) is -3.53. The number of rotatable bonds is 4. The van der Waals surface area contributed by atoms with Crippen molar-refractivity contribution < 1.29 is 18.0 Å². The van der Waals surface area contributed by atoms with Gasteiger partial charge in [-0.2, -0.15) is 13.2 Å². The molecule has 0 aliphatic carbocycles. The lowest BCUT2D eigenvalue weighted by Crippen LogP contribution is -2.37. The van der Waals surface area contributed by atoms with E-state index in [9.17, 15) is 18.0 Å². The van der Waals surface area contributed by atoms with Gasteiger partial charge in [-0.1, -0.05) is 0 Å². The highest BCUT2D eigenvalue weighted by Gasteiger charge is 2.33. The van der Waals surface area contributed by atoms with E-state index in [1.807, 2.05) is 0 Å². The molecule has 18 heavy (non-hydrogen) atoms. The SMILES string of the molecule is CC(C)(CNc1nccc(C(F)(F)F)n1)C(N)=O. The molecular formula is C10H13F3N4O. The van der Waals surface area contributed by atoms with E-state index in [0.29, 0.717) is 0 Å². The second-order valence-electron chi connectivity index (χ2n) is 4.36. The van der Waals surface area contributed by atoms with Gasteiger partial charge in [-0.15, -0.1) is 0 Å². The molecular weight excluding hydrogens is 249 g/mol. The fourth-order valence-electron chi connectivity index (χ4n) is 0.989. The van der Waals surface area contributed by atoms with E-state index < -0.39 is 23.2 Å². The number of alkyl halides is 3. The van der Waals surface area contributed by atoms with Crippen LogP contribution in [0.3, 0.4) is 0 Å². The van der Waals surface area contributed by atoms with Crippen molar-refractivity contribution in [1.82, 2.24) is 9.97 Å². The van der Waals surface area contributed by atoms with Crippen molar-refractivity contribution >= 4 is 11.9 Å². The quantitative estimate of drug-likeness (QED) is 0.859. The number of hydrogen-bond acceptors (Lipinski definition) is 4. The van der Waals surface area contributed by atoms with Crippen molar-refractivity contribution in [2.24, 2.45) is 11.1 Å². The van der Waals surface area contributed by atoms with Gasteiger partial charge in [0.2, 0.25) is 11.9 Å². The second kappa shape index (κ2) is 4.79. The van der Waals surface area contributed by atoms with Crippen molar-refractivity contribution in [2.45, 2.75) is 20.0 Å². The standard InChI is InChI=1S/C10H13F3N4O/c1-9(2,7(14)18)5-16-8-15-4-3-6(17-8)10(11,12)13/h3-4H,5H2,1-2H3,(H2,14,18)(H,15,16,17). The maximum Gasteiger partial charge on any atom is 0.433 e. The molecule has 0 spiro atoms. The van der Waals surface area contributed by atoms with E-state index in [1.165, 1.54) is 0 Å². The summed E-state index contributed by atoms with van der Waals surface area (Å²) in [6, 6.07) is 0.768. The average molecular weight is 262 g/mol. The normalized spacial score (nSPS) is 12.3. The molecule has 1 aromatic heterocycles. The van der Waals surface area contributed by atoms with Crippen LogP contribution in [0.1, 0.15) is 19.5 Å². The molecule has 0 radical (unpaired) electrons. The zero-order valence-corrected chi connectivity index (χ0v) is 9.88. The summed E-state index contributed by atoms with van der Waals surface area (Å²) in [5.74, 6) is -0.763. The lowest BCUT2D eigenvalue weighted by Gasteiger charge is -2.20. The molecule has 100 valence electrons. The number of hydrogen-bond donors (Lipinski definition) is 2. The minimum atomic E-state index is -4.53. The van der Waals surface area contributed by atoms with E-state index in [1.54, 1.807) is 13.8 Å². The molecule has 8 heteroatoms. The Hall–Kier alpha value is -1.86. The first-order valence-corrected chi connectivity index (χ1v) is 5.07. The highest BCUT2D eigenvalue weighted by atomic mass is 19.4. The Kier molecular flexibility index (Phi) is 3.78. The van der Waals surface area contributed by atoms with Crippen molar-refractivity contribution in [3.8, 4) is 0 Å². The van der Waals surface area contributed by atoms with Crippen LogP contribution in [0.25, 0.3) is 0 Å². The summed E-state index contributed by atoms with van der Waals surface area (Å²) in [5.41, 5.74) is 3.18. The Morgan fingerprint density at radius 2 is 2.06 bits per heavy atom. The molecule has 0 bridgehead atoms. The maximum atomic E-state index is 12.4. The second-order valence-corrected chi connectivity index (χ2v) is 4.36. The number of carbonyl (C=O) groups is 1. The molecule has 0 aliphatic heterocycles. The van der Waals surface area contributed by atoms with Crippen LogP contribution in [0.2, 0.25) is 0 Å². The molecule has 0 aliphatic rings. The molecule has 1 heterocycles. The first kappa shape index (κ1) is 14.2. The Morgan fingerprint density at radius 3 is 2.56 bits per heavy atom. The summed E-state index contributed by atoms with van der Waals surface area (Å²) >= 11 is 0. The van der Waals surface area contributed by atoms with Crippen molar-refractivity contribution in [3.05, 3.63) is 18.0 Å². The fourth-order valence-corrected chi connectivity index (χ4v) is 0.989. The fraction of sp³-hybridized carbons (Fsp3) is 0.500. The lowest BCUT2D eigenvalue weighted by atomic mass is 9.93. The number of halogens is 3. The van der Waals surface area contributed by atoms with Gasteiger partial charge in [-0.3, -0.25) is 4.79 Å². The molecule has 3 N–H and O–H groups in total. The maximum absolute atomic E-state index is 12.4. The smallest absolute Gasteiger partial charge is 0.369 e. The van der Waals surface area contributed by atoms with Crippen LogP contribution in [-0.4, -0.2) is 22.4 Å². The predicted octanol–water partition coefficient (Wildman–Crippen LogP) is 1.42. The van der Waals surface area contributed by atoms with Gasteiger partial charge in [0.1, 0.15) is 5.69 Å². The Labute approximate surface area is 102 Å². The van der Waals surface area contributed by atoms with Crippen LogP contribution >= 0.6 is 0 Å². The van der Waals surface area contributed by atoms with Crippen LogP contribution in [0.5, 0.6) is 0 Å². The van der Waals surface area contributed by atoms with Crippen molar-refractivity contribution in [3.63, 3.8) is 0 Å². The third-order valence-corrected chi connectivity index (χ3v) is 2.30. The summed E-state index contributed by atoms with van der Waals surface area (Å²) in [5, 5.41) is 2.56. The molecule has 0 saturated carbocycles. The molecule has 0 unspecified atom stereocenters. The number of aromatic nitrogens is 2. The number of carbonyl (C=O) groups excluding carboxylic acids is 1. The largest absolute Gasteiger partial charge is 0.433 e. The van der Waals surface area contributed by atoms with Gasteiger partial charge in [0.25, 0.3) is 0 Å². The Bertz CT molecular complexity index is 445. The first-order chi connectivity index (χ1) is 8.13. The van der Waals surface area contributed by atoms with Gasteiger partial charge in [0, 0.05) is 12.7 Å².